The summed E-state index contributed by atoms with van der Waals surface area (Å²) in [5.74, 6) is 0.982. The van der Waals surface area contributed by atoms with Crippen LogP contribution in [-0.2, 0) is 11.2 Å². The monoisotopic (exact) mass is 339 g/mol. The van der Waals surface area contributed by atoms with Gasteiger partial charge in [0.1, 0.15) is 0 Å². The fourth-order valence-electron chi connectivity index (χ4n) is 2.75. The molecular weight excluding hydrogens is 322 g/mol. The van der Waals surface area contributed by atoms with Crippen LogP contribution in [0.15, 0.2) is 29.2 Å². The van der Waals surface area contributed by atoms with Crippen molar-refractivity contribution >= 4 is 33.6 Å². The van der Waals surface area contributed by atoms with Gasteiger partial charge in [-0.15, -0.1) is 11.8 Å². The molecule has 2 heterocycles. The lowest BCUT2D eigenvalue weighted by Crippen LogP contribution is -2.46. The Labute approximate surface area is 127 Å². The molecule has 0 spiro atoms. The molecule has 1 aromatic carbocycles. The molecule has 0 aromatic heterocycles. The molecule has 102 valence electrons. The molecule has 3 rings (SSSR count). The zero-order chi connectivity index (χ0) is 13.4. The number of halogens is 1. The standard InChI is InChI=1S/C15H18BrNOS/c1-10-6-7-17(9-12(10)16)15(18)14-8-11-4-2-3-5-13(11)19-14/h2-5,10,12,14H,6-9H2,1H3. The zero-order valence-electron chi connectivity index (χ0n) is 11.0. The van der Waals surface area contributed by atoms with Gasteiger partial charge in [0.05, 0.1) is 5.25 Å². The highest BCUT2D eigenvalue weighted by atomic mass is 79.9. The molecule has 2 aliphatic heterocycles. The smallest absolute Gasteiger partial charge is 0.236 e. The fourth-order valence-corrected chi connectivity index (χ4v) is 4.64. The third-order valence-corrected chi connectivity index (χ3v) is 6.60. The van der Waals surface area contributed by atoms with Crippen LogP contribution in [0.4, 0.5) is 0 Å². The van der Waals surface area contributed by atoms with E-state index in [-0.39, 0.29) is 5.25 Å². The van der Waals surface area contributed by atoms with Crippen LogP contribution in [0, 0.1) is 5.92 Å². The van der Waals surface area contributed by atoms with Crippen molar-refractivity contribution in [3.05, 3.63) is 29.8 Å². The Morgan fingerprint density at radius 1 is 1.42 bits per heavy atom. The van der Waals surface area contributed by atoms with Gasteiger partial charge in [0.15, 0.2) is 0 Å². The second-order valence-electron chi connectivity index (χ2n) is 5.48. The average Bonchev–Trinajstić information content (AvgIpc) is 2.85. The van der Waals surface area contributed by atoms with Crippen LogP contribution < -0.4 is 0 Å². The first-order valence-electron chi connectivity index (χ1n) is 6.82. The summed E-state index contributed by atoms with van der Waals surface area (Å²) < 4.78 is 0. The minimum absolute atomic E-state index is 0.0884. The van der Waals surface area contributed by atoms with Crippen LogP contribution in [0.2, 0.25) is 0 Å². The van der Waals surface area contributed by atoms with Gasteiger partial charge in [-0.1, -0.05) is 41.1 Å². The van der Waals surface area contributed by atoms with Crippen LogP contribution in [-0.4, -0.2) is 34.0 Å². The van der Waals surface area contributed by atoms with E-state index in [0.717, 1.165) is 25.9 Å². The van der Waals surface area contributed by atoms with E-state index < -0.39 is 0 Å². The number of hydrogen-bond donors (Lipinski definition) is 0. The Morgan fingerprint density at radius 3 is 2.95 bits per heavy atom. The summed E-state index contributed by atoms with van der Waals surface area (Å²) in [6, 6.07) is 8.37. The molecule has 1 amide bonds. The van der Waals surface area contributed by atoms with E-state index in [1.54, 1.807) is 11.8 Å². The first-order valence-corrected chi connectivity index (χ1v) is 8.62. The van der Waals surface area contributed by atoms with Crippen molar-refractivity contribution in [2.45, 2.75) is 34.7 Å². The molecule has 3 unspecified atom stereocenters. The van der Waals surface area contributed by atoms with Gasteiger partial charge in [-0.2, -0.15) is 0 Å². The van der Waals surface area contributed by atoms with Crippen molar-refractivity contribution in [3.63, 3.8) is 0 Å². The number of hydrogen-bond acceptors (Lipinski definition) is 2. The van der Waals surface area contributed by atoms with Gasteiger partial charge in [-0.25, -0.2) is 0 Å². The number of rotatable bonds is 1. The summed E-state index contributed by atoms with van der Waals surface area (Å²) >= 11 is 5.43. The molecule has 0 N–H and O–H groups in total. The van der Waals surface area contributed by atoms with E-state index >= 15 is 0 Å². The van der Waals surface area contributed by atoms with Crippen LogP contribution in [0.3, 0.4) is 0 Å². The number of thioether (sulfide) groups is 1. The molecule has 1 aromatic rings. The maximum absolute atomic E-state index is 12.6. The van der Waals surface area contributed by atoms with E-state index in [4.69, 9.17) is 0 Å². The lowest BCUT2D eigenvalue weighted by atomic mass is 9.98. The summed E-state index contributed by atoms with van der Waals surface area (Å²) in [6.45, 7) is 4.02. The largest absolute Gasteiger partial charge is 0.341 e. The predicted molar refractivity (Wildman–Crippen MR) is 82.9 cm³/mol. The summed E-state index contributed by atoms with van der Waals surface area (Å²) in [6.07, 6.45) is 1.99. The van der Waals surface area contributed by atoms with Crippen molar-refractivity contribution in [3.8, 4) is 0 Å². The van der Waals surface area contributed by atoms with Gasteiger partial charge in [-0.05, 0) is 30.4 Å². The topological polar surface area (TPSA) is 20.3 Å². The zero-order valence-corrected chi connectivity index (χ0v) is 13.4. The number of likely N-dealkylation sites (tertiary alicyclic amines) is 1. The minimum Gasteiger partial charge on any atom is -0.341 e. The third-order valence-electron chi connectivity index (χ3n) is 4.10. The number of piperidine rings is 1. The van der Waals surface area contributed by atoms with Crippen molar-refractivity contribution in [2.75, 3.05) is 13.1 Å². The summed E-state index contributed by atoms with van der Waals surface area (Å²) in [5.41, 5.74) is 1.33. The molecule has 2 nitrogen and oxygen atoms in total. The number of alkyl halides is 1. The highest BCUT2D eigenvalue weighted by molar-refractivity contribution is 9.09. The van der Waals surface area contributed by atoms with Crippen molar-refractivity contribution in [1.82, 2.24) is 4.90 Å². The fraction of sp³-hybridized carbons (Fsp3) is 0.533. The molecule has 4 heteroatoms. The molecule has 0 saturated carbocycles. The number of carbonyl (C=O) groups excluding carboxylic acids is 1. The quantitative estimate of drug-likeness (QED) is 0.731. The Balaban J connectivity index is 1.67. The molecule has 19 heavy (non-hydrogen) atoms. The first kappa shape index (κ1) is 13.5. The average molecular weight is 340 g/mol. The Hall–Kier alpha value is -0.480. The van der Waals surface area contributed by atoms with Crippen LogP contribution in [0.25, 0.3) is 0 Å². The molecule has 1 saturated heterocycles. The van der Waals surface area contributed by atoms with Gasteiger partial charge >= 0.3 is 0 Å². The number of amides is 1. The van der Waals surface area contributed by atoms with Gasteiger partial charge in [0.25, 0.3) is 0 Å². The number of fused-ring (bicyclic) bond motifs is 1. The summed E-state index contributed by atoms with van der Waals surface area (Å²) in [4.78, 5) is 16.4. The SMILES string of the molecule is CC1CCN(C(=O)C2Cc3ccccc3S2)CC1Br. The van der Waals surface area contributed by atoms with Crippen LogP contribution in [0.1, 0.15) is 18.9 Å². The van der Waals surface area contributed by atoms with Crippen LogP contribution >= 0.6 is 27.7 Å². The van der Waals surface area contributed by atoms with E-state index in [1.807, 2.05) is 4.90 Å². The Kier molecular flexibility index (Phi) is 3.90. The Morgan fingerprint density at radius 2 is 2.21 bits per heavy atom. The molecule has 0 radical (unpaired) electrons. The molecule has 2 aliphatic rings. The maximum Gasteiger partial charge on any atom is 0.236 e. The molecule has 0 bridgehead atoms. The maximum atomic E-state index is 12.6. The molecular formula is C15H18BrNOS. The van der Waals surface area contributed by atoms with E-state index in [0.29, 0.717) is 16.7 Å². The molecule has 0 aliphatic carbocycles. The van der Waals surface area contributed by atoms with Gasteiger partial charge in [0.2, 0.25) is 5.91 Å². The van der Waals surface area contributed by atoms with Gasteiger partial charge < -0.3 is 4.90 Å². The third kappa shape index (κ3) is 2.70. The lowest BCUT2D eigenvalue weighted by molar-refractivity contribution is -0.131. The van der Waals surface area contributed by atoms with Crippen LogP contribution in [0.5, 0.6) is 0 Å². The van der Waals surface area contributed by atoms with E-state index in [1.165, 1.54) is 10.5 Å². The number of nitrogens with zero attached hydrogens (tertiary/aromatic N) is 1. The normalized spacial score (nSPS) is 30.2. The minimum atomic E-state index is 0.0884. The Bertz CT molecular complexity index is 468. The van der Waals surface area contributed by atoms with Gasteiger partial charge in [0, 0.05) is 22.8 Å². The summed E-state index contributed by atoms with van der Waals surface area (Å²) in [5, 5.41) is 0.0884. The summed E-state index contributed by atoms with van der Waals surface area (Å²) in [7, 11) is 0. The number of benzene rings is 1. The highest BCUT2D eigenvalue weighted by Crippen LogP contribution is 2.38. The highest BCUT2D eigenvalue weighted by Gasteiger charge is 2.34. The van der Waals surface area contributed by atoms with Crippen molar-refractivity contribution in [2.24, 2.45) is 5.92 Å². The predicted octanol–water partition coefficient (Wildman–Crippen LogP) is 3.34. The molecule has 3 atom stereocenters. The first-order chi connectivity index (χ1) is 9.15. The second kappa shape index (κ2) is 5.49. The van der Waals surface area contributed by atoms with Gasteiger partial charge in [-0.3, -0.25) is 4.79 Å². The number of carbonyl (C=O) groups is 1. The van der Waals surface area contributed by atoms with E-state index in [9.17, 15) is 4.79 Å². The lowest BCUT2D eigenvalue weighted by Gasteiger charge is -2.35. The molecule has 1 fully saturated rings. The second-order valence-corrected chi connectivity index (χ2v) is 7.91. The van der Waals surface area contributed by atoms with E-state index in [2.05, 4.69) is 47.1 Å². The van der Waals surface area contributed by atoms with Crippen molar-refractivity contribution in [1.29, 1.82) is 0 Å². The van der Waals surface area contributed by atoms with Crippen molar-refractivity contribution < 1.29 is 4.79 Å².